The zero-order chi connectivity index (χ0) is 31.6. The summed E-state index contributed by atoms with van der Waals surface area (Å²) in [6.07, 6.45) is -0.281. The second kappa shape index (κ2) is 12.6. The number of fused-ring (bicyclic) bond motifs is 2. The summed E-state index contributed by atoms with van der Waals surface area (Å²) in [4.78, 5) is 25.1. The van der Waals surface area contributed by atoms with Gasteiger partial charge in [0.1, 0.15) is 41.4 Å². The maximum atomic E-state index is 13.2. The largest absolute Gasteiger partial charge is 0.462 e. The molecule has 11 nitrogen and oxygen atoms in total. The number of hydrogen-bond acceptors (Lipinski definition) is 9. The molecule has 1 aliphatic rings. The first-order valence-corrected chi connectivity index (χ1v) is 15.6. The van der Waals surface area contributed by atoms with Crippen LogP contribution in [-0.2, 0) is 24.3 Å². The third-order valence-corrected chi connectivity index (χ3v) is 8.23. The number of halogens is 1. The standard InChI is InChI=1S/C31H32FN3O8S/c1-18-24-13-25-27(14-26(24)35(44(4,38)39)16-23(41-18)17-40-28(36)15-33-2)43-30(29(25)31(37)34-3)19-5-9-21(10-6-19)42-22-11-7-20(32)8-12-22/h5-14,18,23,33H,15-17H2,1-4H3,(H,34,37)/t18-,23-/m0/s1. The van der Waals surface area contributed by atoms with E-state index in [4.69, 9.17) is 18.6 Å². The van der Waals surface area contributed by atoms with Gasteiger partial charge < -0.3 is 29.3 Å². The number of anilines is 1. The van der Waals surface area contributed by atoms with E-state index in [9.17, 15) is 22.4 Å². The summed E-state index contributed by atoms with van der Waals surface area (Å²) in [7, 11) is -0.684. The molecular formula is C31H32FN3O8S. The molecule has 0 bridgehead atoms. The van der Waals surface area contributed by atoms with Crippen LogP contribution >= 0.6 is 0 Å². The highest BCUT2D eigenvalue weighted by Gasteiger charge is 2.34. The smallest absolute Gasteiger partial charge is 0.320 e. The summed E-state index contributed by atoms with van der Waals surface area (Å²) in [6.45, 7) is 1.53. The Balaban J connectivity index is 1.54. The van der Waals surface area contributed by atoms with Gasteiger partial charge in [0.2, 0.25) is 10.0 Å². The second-order valence-electron chi connectivity index (χ2n) is 10.3. The lowest BCUT2D eigenvalue weighted by Crippen LogP contribution is -2.39. The third kappa shape index (κ3) is 6.54. The van der Waals surface area contributed by atoms with Crippen molar-refractivity contribution in [1.29, 1.82) is 0 Å². The SMILES string of the molecule is CNCC(=O)OC[C@@H]1CN(S(C)(=O)=O)c2cc3oc(-c4ccc(Oc5ccc(F)cc5)cc4)c(C(=O)NC)c3cc2[C@H](C)O1. The van der Waals surface area contributed by atoms with Gasteiger partial charge in [0.25, 0.3) is 5.91 Å². The molecule has 0 radical (unpaired) electrons. The minimum Gasteiger partial charge on any atom is -0.462 e. The molecule has 1 aliphatic heterocycles. The van der Waals surface area contributed by atoms with Crippen LogP contribution in [0.1, 0.15) is 28.9 Å². The Morgan fingerprint density at radius 1 is 1.05 bits per heavy atom. The van der Waals surface area contributed by atoms with Gasteiger partial charge in [-0.3, -0.25) is 13.9 Å². The molecule has 3 aromatic carbocycles. The minimum absolute atomic E-state index is 0.00326. The van der Waals surface area contributed by atoms with Crippen LogP contribution in [0.25, 0.3) is 22.3 Å². The summed E-state index contributed by atoms with van der Waals surface area (Å²) in [5.41, 5.74) is 1.99. The van der Waals surface area contributed by atoms with Gasteiger partial charge >= 0.3 is 5.97 Å². The van der Waals surface area contributed by atoms with E-state index in [-0.39, 0.29) is 36.8 Å². The molecule has 1 amide bonds. The Hall–Kier alpha value is -4.46. The lowest BCUT2D eigenvalue weighted by molar-refractivity contribution is -0.147. The van der Waals surface area contributed by atoms with Gasteiger partial charge in [-0.2, -0.15) is 0 Å². The molecule has 0 saturated carbocycles. The predicted molar refractivity (Wildman–Crippen MR) is 162 cm³/mol. The second-order valence-corrected chi connectivity index (χ2v) is 12.2. The first-order chi connectivity index (χ1) is 21.0. The number of amides is 1. The van der Waals surface area contributed by atoms with Crippen molar-refractivity contribution in [3.63, 3.8) is 0 Å². The average molecular weight is 626 g/mol. The number of esters is 1. The Morgan fingerprint density at radius 2 is 1.70 bits per heavy atom. The average Bonchev–Trinajstić information content (AvgIpc) is 3.29. The van der Waals surface area contributed by atoms with Crippen molar-refractivity contribution in [2.45, 2.75) is 19.1 Å². The predicted octanol–water partition coefficient (Wildman–Crippen LogP) is 4.38. The van der Waals surface area contributed by atoms with Gasteiger partial charge in [-0.25, -0.2) is 12.8 Å². The van der Waals surface area contributed by atoms with E-state index in [0.29, 0.717) is 39.3 Å². The van der Waals surface area contributed by atoms with Gasteiger partial charge in [0, 0.05) is 29.6 Å². The van der Waals surface area contributed by atoms with Crippen LogP contribution in [-0.4, -0.2) is 66.4 Å². The number of sulfonamides is 1. The quantitative estimate of drug-likeness (QED) is 0.260. The molecule has 44 heavy (non-hydrogen) atoms. The summed E-state index contributed by atoms with van der Waals surface area (Å²) in [5.74, 6) is -0.0378. The van der Waals surface area contributed by atoms with Crippen molar-refractivity contribution in [3.8, 4) is 22.8 Å². The van der Waals surface area contributed by atoms with E-state index in [1.54, 1.807) is 50.4 Å². The van der Waals surface area contributed by atoms with E-state index >= 15 is 0 Å². The molecule has 13 heteroatoms. The van der Waals surface area contributed by atoms with E-state index in [0.717, 1.165) is 6.26 Å². The highest BCUT2D eigenvalue weighted by molar-refractivity contribution is 7.92. The molecule has 0 unspecified atom stereocenters. The Kier molecular flexibility index (Phi) is 8.90. The number of rotatable bonds is 9. The molecular weight excluding hydrogens is 593 g/mol. The van der Waals surface area contributed by atoms with Crippen molar-refractivity contribution in [2.75, 3.05) is 44.4 Å². The van der Waals surface area contributed by atoms with Gasteiger partial charge in [0.15, 0.2) is 0 Å². The number of carbonyl (C=O) groups is 2. The lowest BCUT2D eigenvalue weighted by Gasteiger charge is -2.24. The van der Waals surface area contributed by atoms with Crippen LogP contribution in [0.2, 0.25) is 0 Å². The molecule has 232 valence electrons. The van der Waals surface area contributed by atoms with Crippen molar-refractivity contribution < 1.29 is 41.0 Å². The van der Waals surface area contributed by atoms with Gasteiger partial charge in [0.05, 0.1) is 36.7 Å². The van der Waals surface area contributed by atoms with Crippen molar-refractivity contribution >= 4 is 38.6 Å². The van der Waals surface area contributed by atoms with Crippen molar-refractivity contribution in [1.82, 2.24) is 10.6 Å². The maximum absolute atomic E-state index is 13.2. The van der Waals surface area contributed by atoms with Crippen LogP contribution in [0.5, 0.6) is 11.5 Å². The number of furan rings is 1. The van der Waals surface area contributed by atoms with Crippen molar-refractivity contribution in [3.05, 3.63) is 77.6 Å². The minimum atomic E-state index is -3.80. The van der Waals surface area contributed by atoms with Crippen LogP contribution in [0.15, 0.2) is 65.1 Å². The number of nitrogens with zero attached hydrogens (tertiary/aromatic N) is 1. The fraction of sp³-hybridized carbons (Fsp3) is 0.290. The third-order valence-electron chi connectivity index (χ3n) is 7.08. The lowest BCUT2D eigenvalue weighted by atomic mass is 10.0. The fourth-order valence-electron chi connectivity index (χ4n) is 5.03. The molecule has 0 spiro atoms. The summed E-state index contributed by atoms with van der Waals surface area (Å²) in [6, 6.07) is 15.7. The summed E-state index contributed by atoms with van der Waals surface area (Å²) < 4.78 is 63.9. The number of hydrogen-bond donors (Lipinski definition) is 2. The highest BCUT2D eigenvalue weighted by Crippen LogP contribution is 2.42. The topological polar surface area (TPSA) is 136 Å². The molecule has 4 aromatic rings. The fourth-order valence-corrected chi connectivity index (χ4v) is 5.99. The Bertz CT molecular complexity index is 1790. The molecule has 0 saturated heterocycles. The van der Waals surface area contributed by atoms with Gasteiger partial charge in [-0.1, -0.05) is 0 Å². The zero-order valence-corrected chi connectivity index (χ0v) is 25.4. The van der Waals surface area contributed by atoms with Crippen LogP contribution < -0.4 is 19.7 Å². The molecule has 2 atom stereocenters. The maximum Gasteiger partial charge on any atom is 0.320 e. The summed E-state index contributed by atoms with van der Waals surface area (Å²) >= 11 is 0. The Labute approximate surface area is 253 Å². The molecule has 2 heterocycles. The molecule has 2 N–H and O–H groups in total. The van der Waals surface area contributed by atoms with E-state index in [1.807, 2.05) is 0 Å². The van der Waals surface area contributed by atoms with Crippen LogP contribution in [0, 0.1) is 5.82 Å². The van der Waals surface area contributed by atoms with Crippen LogP contribution in [0.4, 0.5) is 10.1 Å². The first kappa shape index (κ1) is 31.0. The zero-order valence-electron chi connectivity index (χ0n) is 24.5. The molecule has 0 aliphatic carbocycles. The van der Waals surface area contributed by atoms with Gasteiger partial charge in [-0.15, -0.1) is 0 Å². The molecule has 5 rings (SSSR count). The number of benzene rings is 3. The van der Waals surface area contributed by atoms with E-state index in [2.05, 4.69) is 10.6 Å². The normalized spacial score (nSPS) is 16.7. The monoisotopic (exact) mass is 625 g/mol. The summed E-state index contributed by atoms with van der Waals surface area (Å²) in [5, 5.41) is 5.83. The van der Waals surface area contributed by atoms with Crippen LogP contribution in [0.3, 0.4) is 0 Å². The number of nitrogens with one attached hydrogen (secondary N) is 2. The van der Waals surface area contributed by atoms with E-state index < -0.39 is 34.1 Å². The van der Waals surface area contributed by atoms with Crippen molar-refractivity contribution in [2.24, 2.45) is 0 Å². The highest BCUT2D eigenvalue weighted by atomic mass is 32.2. The first-order valence-electron chi connectivity index (χ1n) is 13.8. The Morgan fingerprint density at radius 3 is 2.32 bits per heavy atom. The number of likely N-dealkylation sites (N-methyl/N-ethyl adjacent to an activating group) is 1. The number of ether oxygens (including phenoxy) is 3. The van der Waals surface area contributed by atoms with E-state index in [1.165, 1.54) is 35.6 Å². The molecule has 0 fully saturated rings. The van der Waals surface area contributed by atoms with Gasteiger partial charge in [-0.05, 0) is 68.6 Å². The molecule has 1 aromatic heterocycles. The number of carbonyl (C=O) groups excluding carboxylic acids is 2.